The maximum Gasteiger partial charge on any atom is 0.284 e. The number of likely N-dealkylation sites (tertiary alicyclic amines) is 2. The number of ether oxygens (including phenoxy) is 2. The van der Waals surface area contributed by atoms with E-state index < -0.39 is 41.3 Å². The van der Waals surface area contributed by atoms with Crippen molar-refractivity contribution in [1.29, 1.82) is 0 Å². The lowest BCUT2D eigenvalue weighted by Crippen LogP contribution is -2.58. The van der Waals surface area contributed by atoms with Gasteiger partial charge in [0, 0.05) is 37.0 Å². The number of β-amino-alcohol motifs (C(OH)–C–C–N with tert-alkyl or cyclic N) is 1. The lowest BCUT2D eigenvalue weighted by molar-refractivity contribution is -0.424. The van der Waals surface area contributed by atoms with E-state index in [1.807, 2.05) is 37.5 Å². The number of hydrogen-bond donors (Lipinski definition) is 5. The summed E-state index contributed by atoms with van der Waals surface area (Å²) in [6.07, 6.45) is 3.27. The molecule has 2 atom stereocenters. The zero-order valence-electron chi connectivity index (χ0n) is 23.9. The molecule has 0 aliphatic carbocycles. The molecule has 9 heteroatoms. The average Bonchev–Trinajstić information content (AvgIpc) is 2.75. The molecule has 9 nitrogen and oxygen atoms in total. The minimum Gasteiger partial charge on any atom is -0.390 e. The van der Waals surface area contributed by atoms with Gasteiger partial charge in [-0.15, -0.1) is 0 Å². The van der Waals surface area contributed by atoms with Crippen molar-refractivity contribution in [2.45, 2.75) is 124 Å². The van der Waals surface area contributed by atoms with Gasteiger partial charge in [-0.25, -0.2) is 0 Å². The molecule has 0 amide bonds. The van der Waals surface area contributed by atoms with Crippen molar-refractivity contribution >= 4 is 0 Å². The van der Waals surface area contributed by atoms with E-state index in [0.717, 1.165) is 25.7 Å². The van der Waals surface area contributed by atoms with Crippen LogP contribution in [0.5, 0.6) is 0 Å². The zero-order valence-corrected chi connectivity index (χ0v) is 23.9. The van der Waals surface area contributed by atoms with Crippen LogP contribution in [0.25, 0.3) is 0 Å². The zero-order chi connectivity index (χ0) is 27.5. The minimum absolute atomic E-state index is 0.0167. The Morgan fingerprint density at radius 3 is 1.31 bits per heavy atom. The van der Waals surface area contributed by atoms with Crippen LogP contribution in [0, 0.1) is 22.7 Å². The van der Waals surface area contributed by atoms with Gasteiger partial charge in [-0.05, 0) is 50.4 Å². The Bertz CT molecular complexity index is 625. The number of piperidine rings is 2. The fourth-order valence-electron chi connectivity index (χ4n) is 4.64. The standard InChI is InChI=1S/C27H54N2O7/c1-19(2)24(5,6)26(31,32)35-22-13-9-11-15-28(22)17-21(30)18-29-16-12-10-14-23(29)36-27(33,34)25(7,8)20(3)4/h19-23,30-34H,9-18H2,1-8H3. The molecule has 36 heavy (non-hydrogen) atoms. The highest BCUT2D eigenvalue weighted by atomic mass is 16.8. The summed E-state index contributed by atoms with van der Waals surface area (Å²) >= 11 is 0. The van der Waals surface area contributed by atoms with E-state index in [9.17, 15) is 25.5 Å². The van der Waals surface area contributed by atoms with Crippen molar-refractivity contribution in [3.05, 3.63) is 0 Å². The van der Waals surface area contributed by atoms with E-state index in [4.69, 9.17) is 9.47 Å². The van der Waals surface area contributed by atoms with Crippen molar-refractivity contribution in [2.75, 3.05) is 26.2 Å². The van der Waals surface area contributed by atoms with Crippen molar-refractivity contribution in [2.24, 2.45) is 22.7 Å². The van der Waals surface area contributed by atoms with E-state index in [2.05, 4.69) is 0 Å². The molecular weight excluding hydrogens is 464 g/mol. The van der Waals surface area contributed by atoms with Gasteiger partial charge < -0.3 is 35.0 Å². The Hall–Kier alpha value is -0.360. The summed E-state index contributed by atoms with van der Waals surface area (Å²) in [7, 11) is 0. The number of aliphatic hydroxyl groups excluding tert-OH is 1. The van der Waals surface area contributed by atoms with Gasteiger partial charge >= 0.3 is 0 Å². The molecule has 0 bridgehead atoms. The van der Waals surface area contributed by atoms with Gasteiger partial charge in [0.05, 0.1) is 6.10 Å². The second-order valence-corrected chi connectivity index (χ2v) is 12.7. The van der Waals surface area contributed by atoms with Crippen molar-refractivity contribution in [3.63, 3.8) is 0 Å². The number of rotatable bonds is 12. The molecule has 2 aliphatic heterocycles. The first kappa shape index (κ1) is 31.9. The summed E-state index contributed by atoms with van der Waals surface area (Å²) in [6, 6.07) is 0. The van der Waals surface area contributed by atoms with Crippen LogP contribution in [-0.2, 0) is 9.47 Å². The third kappa shape index (κ3) is 7.39. The predicted octanol–water partition coefficient (Wildman–Crippen LogP) is 2.65. The molecule has 2 fully saturated rings. The number of aliphatic hydroxyl groups is 5. The third-order valence-corrected chi connectivity index (χ3v) is 9.16. The highest BCUT2D eigenvalue weighted by molar-refractivity contribution is 4.85. The first-order valence-corrected chi connectivity index (χ1v) is 13.8. The lowest BCUT2D eigenvalue weighted by atomic mass is 9.78. The van der Waals surface area contributed by atoms with Gasteiger partial charge in [-0.3, -0.25) is 9.80 Å². The Morgan fingerprint density at radius 2 is 1.00 bits per heavy atom. The Morgan fingerprint density at radius 1 is 0.667 bits per heavy atom. The average molecular weight is 519 g/mol. The van der Waals surface area contributed by atoms with E-state index >= 15 is 0 Å². The summed E-state index contributed by atoms with van der Waals surface area (Å²) in [5, 5.41) is 54.2. The molecule has 0 aromatic carbocycles. The highest BCUT2D eigenvalue weighted by Gasteiger charge is 2.49. The molecule has 2 heterocycles. The minimum atomic E-state index is -2.30. The van der Waals surface area contributed by atoms with Crippen LogP contribution in [0.15, 0.2) is 0 Å². The number of nitrogens with zero attached hydrogens (tertiary/aromatic N) is 2. The van der Waals surface area contributed by atoms with Crippen LogP contribution in [0.1, 0.15) is 93.9 Å². The Balaban J connectivity index is 2.05. The van der Waals surface area contributed by atoms with Crippen LogP contribution < -0.4 is 0 Å². The monoisotopic (exact) mass is 518 g/mol. The molecular formula is C27H54N2O7. The molecule has 0 radical (unpaired) electrons. The Labute approximate surface area is 218 Å². The first-order chi connectivity index (χ1) is 16.4. The van der Waals surface area contributed by atoms with Gasteiger partial charge in [0.2, 0.25) is 0 Å². The number of hydrogen-bond acceptors (Lipinski definition) is 9. The van der Waals surface area contributed by atoms with E-state index in [1.165, 1.54) is 0 Å². The van der Waals surface area contributed by atoms with E-state index in [1.54, 1.807) is 27.7 Å². The molecule has 2 unspecified atom stereocenters. The predicted molar refractivity (Wildman–Crippen MR) is 138 cm³/mol. The van der Waals surface area contributed by atoms with Crippen LogP contribution >= 0.6 is 0 Å². The van der Waals surface area contributed by atoms with Gasteiger partial charge in [0.15, 0.2) is 0 Å². The molecule has 0 spiro atoms. The molecule has 2 saturated heterocycles. The van der Waals surface area contributed by atoms with Gasteiger partial charge in [0.25, 0.3) is 11.9 Å². The quantitative estimate of drug-likeness (QED) is 0.248. The summed E-state index contributed by atoms with van der Waals surface area (Å²) < 4.78 is 11.8. The van der Waals surface area contributed by atoms with Crippen molar-refractivity contribution in [1.82, 2.24) is 9.80 Å². The van der Waals surface area contributed by atoms with E-state index in [0.29, 0.717) is 39.0 Å². The maximum atomic E-state index is 11.0. The van der Waals surface area contributed by atoms with Crippen LogP contribution in [-0.4, -0.2) is 92.0 Å². The van der Waals surface area contributed by atoms with Crippen LogP contribution in [0.4, 0.5) is 0 Å². The molecule has 5 N–H and O–H groups in total. The Kier molecular flexibility index (Phi) is 10.8. The topological polar surface area (TPSA) is 126 Å². The summed E-state index contributed by atoms with van der Waals surface area (Å²) in [6.45, 7) is 16.8. The molecule has 2 aliphatic rings. The molecule has 0 aromatic heterocycles. The lowest BCUT2D eigenvalue weighted by Gasteiger charge is -2.47. The SMILES string of the molecule is CC(C)C(C)(C)C(O)(O)OC1CCCCN1CC(O)CN1CCCCC1OC(O)(O)C(C)(C)C(C)C. The first-order valence-electron chi connectivity index (χ1n) is 13.8. The van der Waals surface area contributed by atoms with Gasteiger partial charge in [0.1, 0.15) is 12.5 Å². The van der Waals surface area contributed by atoms with Crippen molar-refractivity contribution in [3.8, 4) is 0 Å². The smallest absolute Gasteiger partial charge is 0.284 e. The summed E-state index contributed by atoms with van der Waals surface area (Å²) in [5.41, 5.74) is -1.75. The summed E-state index contributed by atoms with van der Waals surface area (Å²) in [4.78, 5) is 3.96. The summed E-state index contributed by atoms with van der Waals surface area (Å²) in [5.74, 6) is -4.63. The second-order valence-electron chi connectivity index (χ2n) is 12.7. The van der Waals surface area contributed by atoms with Crippen LogP contribution in [0.2, 0.25) is 0 Å². The third-order valence-electron chi connectivity index (χ3n) is 9.16. The van der Waals surface area contributed by atoms with Crippen molar-refractivity contribution < 1.29 is 35.0 Å². The maximum absolute atomic E-state index is 11.0. The molecule has 0 aromatic rings. The normalized spacial score (nSPS) is 25.1. The molecule has 214 valence electrons. The van der Waals surface area contributed by atoms with Crippen LogP contribution in [0.3, 0.4) is 0 Å². The molecule has 2 rings (SSSR count). The largest absolute Gasteiger partial charge is 0.390 e. The molecule has 0 saturated carbocycles. The fraction of sp³-hybridized carbons (Fsp3) is 1.00. The van der Waals surface area contributed by atoms with Gasteiger partial charge in [-0.1, -0.05) is 55.4 Å². The van der Waals surface area contributed by atoms with E-state index in [-0.39, 0.29) is 11.8 Å². The fourth-order valence-corrected chi connectivity index (χ4v) is 4.64. The highest BCUT2D eigenvalue weighted by Crippen LogP contribution is 2.40. The van der Waals surface area contributed by atoms with Gasteiger partial charge in [-0.2, -0.15) is 0 Å². The second kappa shape index (κ2) is 12.2.